The summed E-state index contributed by atoms with van der Waals surface area (Å²) in [7, 11) is 0. The predicted molar refractivity (Wildman–Crippen MR) is 346 cm³/mol. The van der Waals surface area contributed by atoms with E-state index >= 15 is 0 Å². The van der Waals surface area contributed by atoms with Crippen LogP contribution in [0.25, 0.3) is 0 Å². The van der Waals surface area contributed by atoms with E-state index in [1.807, 2.05) is 36.4 Å². The first-order valence-electron chi connectivity index (χ1n) is 31.4. The maximum atomic E-state index is 14.1. The van der Waals surface area contributed by atoms with Gasteiger partial charge in [-0.25, -0.2) is 0 Å². The Hall–Kier alpha value is -4.64. The second kappa shape index (κ2) is 31.1. The minimum Gasteiger partial charge on any atom is -0.507 e. The van der Waals surface area contributed by atoms with Crippen molar-refractivity contribution in [1.82, 2.24) is 0 Å². The van der Waals surface area contributed by atoms with Crippen molar-refractivity contribution in [2.24, 2.45) is 11.3 Å². The van der Waals surface area contributed by atoms with Crippen molar-refractivity contribution in [2.75, 3.05) is 26.4 Å². The maximum absolute atomic E-state index is 14.1. The highest BCUT2D eigenvalue weighted by atomic mass is 32.1. The first-order valence-corrected chi connectivity index (χ1v) is 31.8. The van der Waals surface area contributed by atoms with Crippen molar-refractivity contribution >= 4 is 35.2 Å². The number of carbonyl (C=O) groups excluding carboxylic acids is 3. The standard InChI is InChI=1S/C72H114O10S/c1-21-22-23-24-25-26-27-28-29-30-31-32-49(2)65(83)82-48-72(45-79-59(73)36-33-50-39-53(66(3,4)5)62(76)54(40-50)67(6,7)8,46-80-60(74)37-34-51-41-55(68(9,10)11)63(77)56(42-51)69(12,13)14)47-81-61(75)38-35-52-43-57(70(15,16)17)64(78)58(44-52)71(18,19)20/h39-44,49,76-78H,21-38,45-48H2,1-20H3. The number of aryl methyl sites for hydroxylation is 3. The van der Waals surface area contributed by atoms with E-state index in [9.17, 15) is 29.7 Å². The molecule has 0 saturated carbocycles. The van der Waals surface area contributed by atoms with E-state index in [2.05, 4.69) is 138 Å². The van der Waals surface area contributed by atoms with Gasteiger partial charge in [0.15, 0.2) is 5.05 Å². The molecule has 0 saturated heterocycles. The zero-order chi connectivity index (χ0) is 62.9. The summed E-state index contributed by atoms with van der Waals surface area (Å²) in [5.74, 6) is -0.804. The summed E-state index contributed by atoms with van der Waals surface area (Å²) in [5, 5.41) is 34.6. The van der Waals surface area contributed by atoms with E-state index in [1.54, 1.807) is 0 Å². The van der Waals surface area contributed by atoms with Gasteiger partial charge in [-0.05, 0) is 120 Å². The Morgan fingerprint density at radius 3 is 0.867 bits per heavy atom. The number of benzene rings is 3. The Labute approximate surface area is 509 Å². The molecule has 0 aliphatic carbocycles. The molecule has 0 bridgehead atoms. The molecule has 0 radical (unpaired) electrons. The van der Waals surface area contributed by atoms with Gasteiger partial charge in [-0.1, -0.05) is 246 Å². The summed E-state index contributed by atoms with van der Waals surface area (Å²) in [5.41, 5.74) is 3.94. The molecule has 11 heteroatoms. The largest absolute Gasteiger partial charge is 0.507 e. The van der Waals surface area contributed by atoms with Crippen LogP contribution in [-0.2, 0) is 85.1 Å². The zero-order valence-electron chi connectivity index (χ0n) is 55.7. The lowest BCUT2D eigenvalue weighted by molar-refractivity contribution is -0.164. The molecular formula is C72H114O10S. The van der Waals surface area contributed by atoms with Crippen LogP contribution >= 0.6 is 12.2 Å². The number of aromatic hydroxyl groups is 3. The van der Waals surface area contributed by atoms with Crippen LogP contribution in [0.2, 0.25) is 0 Å². The zero-order valence-corrected chi connectivity index (χ0v) is 56.5. The minimum atomic E-state index is -1.37. The highest BCUT2D eigenvalue weighted by Gasteiger charge is 2.39. The van der Waals surface area contributed by atoms with Crippen LogP contribution in [0.15, 0.2) is 36.4 Å². The molecule has 468 valence electrons. The third-order valence-electron chi connectivity index (χ3n) is 16.0. The highest BCUT2D eigenvalue weighted by molar-refractivity contribution is 7.80. The normalized spacial score (nSPS) is 13.2. The van der Waals surface area contributed by atoms with Crippen molar-refractivity contribution in [3.8, 4) is 17.2 Å². The molecular weight excluding hydrogens is 1060 g/mol. The fourth-order valence-electron chi connectivity index (χ4n) is 10.5. The Morgan fingerprint density at radius 2 is 0.627 bits per heavy atom. The number of hydrogen-bond acceptors (Lipinski definition) is 11. The third kappa shape index (κ3) is 24.0. The Kier molecular flexibility index (Phi) is 27.2. The van der Waals surface area contributed by atoms with E-state index in [0.717, 1.165) is 69.3 Å². The number of unbranched alkanes of at least 4 members (excludes halogenated alkanes) is 10. The molecule has 0 spiro atoms. The summed E-state index contributed by atoms with van der Waals surface area (Å²) in [6.45, 7) is 40.2. The quantitative estimate of drug-likeness (QED) is 0.0253. The van der Waals surface area contributed by atoms with Crippen LogP contribution in [0.5, 0.6) is 17.2 Å². The summed E-state index contributed by atoms with van der Waals surface area (Å²) in [6, 6.07) is 11.8. The van der Waals surface area contributed by atoms with E-state index in [4.69, 9.17) is 31.2 Å². The number of phenols is 3. The maximum Gasteiger partial charge on any atom is 0.306 e. The predicted octanol–water partition coefficient (Wildman–Crippen LogP) is 18.1. The number of phenolic OH excluding ortho intramolecular Hbond substituents is 3. The van der Waals surface area contributed by atoms with Gasteiger partial charge in [0.2, 0.25) is 0 Å². The van der Waals surface area contributed by atoms with Crippen LogP contribution in [0.1, 0.15) is 285 Å². The smallest absolute Gasteiger partial charge is 0.306 e. The van der Waals surface area contributed by atoms with Crippen molar-refractivity contribution in [1.29, 1.82) is 0 Å². The Balaban J connectivity index is 2.00. The number of ether oxygens (including phenoxy) is 4. The first kappa shape index (κ1) is 72.6. The van der Waals surface area contributed by atoms with E-state index in [-0.39, 0.29) is 101 Å². The van der Waals surface area contributed by atoms with Crippen molar-refractivity contribution in [3.63, 3.8) is 0 Å². The van der Waals surface area contributed by atoms with E-state index in [1.165, 1.54) is 57.8 Å². The molecule has 3 N–H and O–H groups in total. The molecule has 3 aromatic rings. The summed E-state index contributed by atoms with van der Waals surface area (Å²) < 4.78 is 25.0. The molecule has 3 aromatic carbocycles. The molecule has 83 heavy (non-hydrogen) atoms. The second-order valence-corrected chi connectivity index (χ2v) is 30.8. The van der Waals surface area contributed by atoms with Crippen LogP contribution in [0.3, 0.4) is 0 Å². The lowest BCUT2D eigenvalue weighted by atomic mass is 9.78. The summed E-state index contributed by atoms with van der Waals surface area (Å²) in [6.07, 6.45) is 15.5. The molecule has 1 atom stereocenters. The molecule has 0 fully saturated rings. The summed E-state index contributed by atoms with van der Waals surface area (Å²) in [4.78, 5) is 42.2. The molecule has 0 amide bonds. The van der Waals surface area contributed by atoms with Gasteiger partial charge in [-0.15, -0.1) is 0 Å². The van der Waals surface area contributed by atoms with Crippen molar-refractivity contribution < 1.29 is 48.7 Å². The van der Waals surface area contributed by atoms with Gasteiger partial charge in [0.1, 0.15) is 49.1 Å². The molecule has 0 aliphatic rings. The average molecular weight is 1170 g/mol. The number of rotatable bonds is 30. The topological polar surface area (TPSA) is 149 Å². The van der Waals surface area contributed by atoms with Gasteiger partial charge in [0, 0.05) is 25.2 Å². The van der Waals surface area contributed by atoms with Gasteiger partial charge < -0.3 is 34.3 Å². The van der Waals surface area contributed by atoms with Crippen LogP contribution < -0.4 is 0 Å². The van der Waals surface area contributed by atoms with Gasteiger partial charge in [0.25, 0.3) is 0 Å². The number of hydrogen-bond donors (Lipinski definition) is 3. The molecule has 0 aliphatic heterocycles. The van der Waals surface area contributed by atoms with Crippen LogP contribution in [-0.4, -0.2) is 64.7 Å². The molecule has 1 unspecified atom stereocenters. The monoisotopic (exact) mass is 1170 g/mol. The van der Waals surface area contributed by atoms with E-state index < -0.39 is 23.3 Å². The average Bonchev–Trinajstić information content (AvgIpc) is 3.57. The van der Waals surface area contributed by atoms with Gasteiger partial charge in [0.05, 0.1) is 0 Å². The highest BCUT2D eigenvalue weighted by Crippen LogP contribution is 2.43. The second-order valence-electron chi connectivity index (χ2n) is 30.4. The lowest BCUT2D eigenvalue weighted by Crippen LogP contribution is -2.44. The van der Waals surface area contributed by atoms with Gasteiger partial charge in [-0.3, -0.25) is 14.4 Å². The fourth-order valence-corrected chi connectivity index (χ4v) is 10.6. The number of thiocarbonyl (C=S) groups is 1. The molecule has 0 heterocycles. The van der Waals surface area contributed by atoms with Gasteiger partial charge in [-0.2, -0.15) is 0 Å². The summed E-state index contributed by atoms with van der Waals surface area (Å²) >= 11 is 5.97. The minimum absolute atomic E-state index is 0.0162. The van der Waals surface area contributed by atoms with Crippen LogP contribution in [0.4, 0.5) is 0 Å². The van der Waals surface area contributed by atoms with Crippen molar-refractivity contribution in [3.05, 3.63) is 86.5 Å². The molecule has 0 aromatic heterocycles. The molecule has 10 nitrogen and oxygen atoms in total. The first-order chi connectivity index (χ1) is 38.2. The van der Waals surface area contributed by atoms with Gasteiger partial charge >= 0.3 is 17.9 Å². The van der Waals surface area contributed by atoms with E-state index in [0.29, 0.717) is 24.3 Å². The molecule has 3 rings (SSSR count). The third-order valence-corrected chi connectivity index (χ3v) is 16.5. The van der Waals surface area contributed by atoms with Crippen molar-refractivity contribution in [2.45, 2.75) is 287 Å². The lowest BCUT2D eigenvalue weighted by Gasteiger charge is -2.32. The Morgan fingerprint density at radius 1 is 0.398 bits per heavy atom. The Bertz CT molecular complexity index is 2230. The van der Waals surface area contributed by atoms with Crippen LogP contribution in [0, 0.1) is 11.3 Å². The SMILES string of the molecule is CCCCCCCCCCCCCC(C)C(=S)OCC(COC(=O)CCc1cc(C(C)(C)C)c(O)c(C(C)(C)C)c1)(COC(=O)CCc1cc(C(C)(C)C)c(O)c(C(C)(C)C)c1)COC(=O)CCc1cc(C(C)(C)C)c(O)c(C(C)(C)C)c1. The fraction of sp³-hybridized carbons (Fsp3) is 0.694. The number of carbonyl (C=O) groups is 3. The number of esters is 3.